The van der Waals surface area contributed by atoms with Crippen LogP contribution in [0.3, 0.4) is 0 Å². The number of carbonyl (C=O) groups excluding carboxylic acids is 1. The Morgan fingerprint density at radius 2 is 1.95 bits per heavy atom. The molecule has 0 heterocycles. The Hall–Kier alpha value is -1.22. The third-order valence-electron chi connectivity index (χ3n) is 3.80. The van der Waals surface area contributed by atoms with Gasteiger partial charge in [0.05, 0.1) is 10.6 Å². The highest BCUT2D eigenvalue weighted by Crippen LogP contribution is 2.24. The molecule has 104 valence electrons. The molecule has 0 bridgehead atoms. The largest absolute Gasteiger partial charge is 0.385 e. The number of amides is 1. The molecule has 0 aromatic heterocycles. The van der Waals surface area contributed by atoms with Crippen LogP contribution in [0, 0.1) is 5.92 Å². The van der Waals surface area contributed by atoms with Gasteiger partial charge in [-0.15, -0.1) is 0 Å². The van der Waals surface area contributed by atoms with Crippen LogP contribution in [-0.2, 0) is 0 Å². The molecule has 1 amide bonds. The van der Waals surface area contributed by atoms with E-state index in [9.17, 15) is 4.79 Å². The van der Waals surface area contributed by atoms with Crippen molar-refractivity contribution in [2.24, 2.45) is 11.7 Å². The van der Waals surface area contributed by atoms with Gasteiger partial charge in [0.15, 0.2) is 0 Å². The first-order chi connectivity index (χ1) is 9.16. The van der Waals surface area contributed by atoms with Crippen molar-refractivity contribution in [2.75, 3.05) is 11.9 Å². The van der Waals surface area contributed by atoms with Crippen molar-refractivity contribution in [3.05, 3.63) is 28.8 Å². The Bertz CT molecular complexity index is 440. The van der Waals surface area contributed by atoms with Gasteiger partial charge < -0.3 is 11.1 Å². The van der Waals surface area contributed by atoms with Crippen LogP contribution in [0.2, 0.25) is 5.02 Å². The van der Waals surface area contributed by atoms with Gasteiger partial charge in [0.1, 0.15) is 0 Å². The van der Waals surface area contributed by atoms with Crippen molar-refractivity contribution in [2.45, 2.75) is 38.5 Å². The van der Waals surface area contributed by atoms with Gasteiger partial charge in [-0.25, -0.2) is 0 Å². The standard InChI is InChI=1S/C15H21ClN2O/c16-14-8-7-12(9-13(14)15(17)19)18-10-11-5-3-1-2-4-6-11/h7-9,11,18H,1-6,10H2,(H2,17,19). The van der Waals surface area contributed by atoms with Gasteiger partial charge in [0.2, 0.25) is 5.91 Å². The summed E-state index contributed by atoms with van der Waals surface area (Å²) in [5.74, 6) is 0.248. The lowest BCUT2D eigenvalue weighted by Gasteiger charge is -2.16. The maximum Gasteiger partial charge on any atom is 0.250 e. The number of hydrogen-bond acceptors (Lipinski definition) is 2. The molecule has 1 fully saturated rings. The summed E-state index contributed by atoms with van der Waals surface area (Å²) in [4.78, 5) is 11.2. The topological polar surface area (TPSA) is 55.1 Å². The van der Waals surface area contributed by atoms with E-state index in [2.05, 4.69) is 5.32 Å². The third kappa shape index (κ3) is 4.13. The molecule has 4 heteroatoms. The van der Waals surface area contributed by atoms with E-state index in [1.807, 2.05) is 6.07 Å². The molecule has 0 spiro atoms. The second-order valence-corrected chi connectivity index (χ2v) is 5.70. The molecule has 0 radical (unpaired) electrons. The fourth-order valence-electron chi connectivity index (χ4n) is 2.65. The van der Waals surface area contributed by atoms with Gasteiger partial charge in [-0.2, -0.15) is 0 Å². The Kier molecular flexibility index (Phi) is 5.08. The molecule has 3 N–H and O–H groups in total. The Morgan fingerprint density at radius 1 is 1.26 bits per heavy atom. The number of nitrogens with one attached hydrogen (secondary N) is 1. The van der Waals surface area contributed by atoms with Gasteiger partial charge in [0.25, 0.3) is 0 Å². The highest BCUT2D eigenvalue weighted by atomic mass is 35.5. The number of carbonyl (C=O) groups is 1. The summed E-state index contributed by atoms with van der Waals surface area (Å²) < 4.78 is 0. The molecule has 0 atom stereocenters. The average molecular weight is 281 g/mol. The van der Waals surface area contributed by atoms with Crippen molar-refractivity contribution in [3.63, 3.8) is 0 Å². The zero-order chi connectivity index (χ0) is 13.7. The van der Waals surface area contributed by atoms with E-state index in [4.69, 9.17) is 17.3 Å². The molecule has 1 aromatic carbocycles. The predicted octanol–water partition coefficient (Wildman–Crippen LogP) is 3.82. The first kappa shape index (κ1) is 14.2. The van der Waals surface area contributed by atoms with E-state index >= 15 is 0 Å². The quantitative estimate of drug-likeness (QED) is 0.824. The van der Waals surface area contributed by atoms with Gasteiger partial charge in [-0.1, -0.05) is 37.3 Å². The van der Waals surface area contributed by atoms with Crippen molar-refractivity contribution < 1.29 is 4.79 Å². The van der Waals surface area contributed by atoms with E-state index in [1.165, 1.54) is 38.5 Å². The first-order valence-electron chi connectivity index (χ1n) is 7.00. The molecule has 19 heavy (non-hydrogen) atoms. The summed E-state index contributed by atoms with van der Waals surface area (Å²) in [7, 11) is 0. The van der Waals surface area contributed by atoms with Gasteiger partial charge >= 0.3 is 0 Å². The summed E-state index contributed by atoms with van der Waals surface area (Å²) in [5.41, 5.74) is 6.59. The summed E-state index contributed by atoms with van der Waals surface area (Å²) in [6.07, 6.45) is 7.98. The number of primary amides is 1. The number of anilines is 1. The lowest BCUT2D eigenvalue weighted by Crippen LogP contribution is -2.15. The molecule has 0 saturated heterocycles. The summed E-state index contributed by atoms with van der Waals surface area (Å²) >= 11 is 5.93. The fraction of sp³-hybridized carbons (Fsp3) is 0.533. The number of hydrogen-bond donors (Lipinski definition) is 2. The zero-order valence-corrected chi connectivity index (χ0v) is 11.9. The van der Waals surface area contributed by atoms with E-state index in [0.29, 0.717) is 10.6 Å². The van der Waals surface area contributed by atoms with Crippen molar-refractivity contribution in [1.29, 1.82) is 0 Å². The van der Waals surface area contributed by atoms with E-state index in [-0.39, 0.29) is 0 Å². The van der Waals surface area contributed by atoms with Crippen LogP contribution in [0.4, 0.5) is 5.69 Å². The second-order valence-electron chi connectivity index (χ2n) is 5.30. The number of halogens is 1. The molecular weight excluding hydrogens is 260 g/mol. The average Bonchev–Trinajstić information content (AvgIpc) is 2.66. The van der Waals surface area contributed by atoms with E-state index in [1.54, 1.807) is 12.1 Å². The Balaban J connectivity index is 1.95. The molecule has 0 aliphatic heterocycles. The molecule has 1 aliphatic rings. The molecule has 1 aliphatic carbocycles. The van der Waals surface area contributed by atoms with Crippen LogP contribution < -0.4 is 11.1 Å². The SMILES string of the molecule is NC(=O)c1cc(NCC2CCCCCC2)ccc1Cl. The lowest BCUT2D eigenvalue weighted by molar-refractivity contribution is 0.100. The molecule has 1 saturated carbocycles. The number of rotatable bonds is 4. The summed E-state index contributed by atoms with van der Waals surface area (Å²) in [6.45, 7) is 0.958. The third-order valence-corrected chi connectivity index (χ3v) is 4.13. The number of benzene rings is 1. The van der Waals surface area contributed by atoms with Crippen LogP contribution in [0.15, 0.2) is 18.2 Å². The maximum absolute atomic E-state index is 11.2. The number of nitrogens with two attached hydrogens (primary N) is 1. The van der Waals surface area contributed by atoms with Gasteiger partial charge in [-0.3, -0.25) is 4.79 Å². The molecule has 0 unspecified atom stereocenters. The van der Waals surface area contributed by atoms with E-state index in [0.717, 1.165) is 18.2 Å². The van der Waals surface area contributed by atoms with Crippen LogP contribution in [0.5, 0.6) is 0 Å². The summed E-state index contributed by atoms with van der Waals surface area (Å²) in [6, 6.07) is 5.35. The normalized spacial score (nSPS) is 16.9. The minimum Gasteiger partial charge on any atom is -0.385 e. The van der Waals surface area contributed by atoms with Crippen molar-refractivity contribution in [1.82, 2.24) is 0 Å². The van der Waals surface area contributed by atoms with E-state index < -0.39 is 5.91 Å². The smallest absolute Gasteiger partial charge is 0.250 e. The predicted molar refractivity (Wildman–Crippen MR) is 79.7 cm³/mol. The van der Waals surface area contributed by atoms with Crippen LogP contribution in [-0.4, -0.2) is 12.5 Å². The molecule has 3 nitrogen and oxygen atoms in total. The van der Waals surface area contributed by atoms with Gasteiger partial charge in [0, 0.05) is 12.2 Å². The summed E-state index contributed by atoms with van der Waals surface area (Å²) in [5, 5.41) is 3.81. The van der Waals surface area contributed by atoms with Crippen molar-refractivity contribution >= 4 is 23.2 Å². The monoisotopic (exact) mass is 280 g/mol. The zero-order valence-electron chi connectivity index (χ0n) is 11.1. The maximum atomic E-state index is 11.2. The highest BCUT2D eigenvalue weighted by molar-refractivity contribution is 6.33. The fourth-order valence-corrected chi connectivity index (χ4v) is 2.86. The van der Waals surface area contributed by atoms with Crippen LogP contribution >= 0.6 is 11.6 Å². The van der Waals surface area contributed by atoms with Gasteiger partial charge in [-0.05, 0) is 37.0 Å². The Labute approximate surface area is 119 Å². The second kappa shape index (κ2) is 6.80. The molecule has 1 aromatic rings. The van der Waals surface area contributed by atoms with Crippen molar-refractivity contribution in [3.8, 4) is 0 Å². The molecule has 2 rings (SSSR count). The first-order valence-corrected chi connectivity index (χ1v) is 7.38. The van der Waals surface area contributed by atoms with Crippen LogP contribution in [0.25, 0.3) is 0 Å². The highest BCUT2D eigenvalue weighted by Gasteiger charge is 2.12. The minimum atomic E-state index is -0.483. The Morgan fingerprint density at radius 3 is 2.58 bits per heavy atom. The lowest BCUT2D eigenvalue weighted by atomic mass is 10.0. The molecular formula is C15H21ClN2O. The van der Waals surface area contributed by atoms with Crippen LogP contribution in [0.1, 0.15) is 48.9 Å². The minimum absolute atomic E-state index is 0.382.